The van der Waals surface area contributed by atoms with E-state index in [4.69, 9.17) is 4.42 Å². The quantitative estimate of drug-likeness (QED) is 0.681. The van der Waals surface area contributed by atoms with Gasteiger partial charge in [-0.25, -0.2) is 0 Å². The Morgan fingerprint density at radius 3 is 2.31 bits per heavy atom. The van der Waals surface area contributed by atoms with Crippen LogP contribution >= 0.6 is 0 Å². The van der Waals surface area contributed by atoms with E-state index in [2.05, 4.69) is 24.5 Å². The number of nitrogens with one attached hydrogen (secondary N) is 2. The topological polar surface area (TPSA) is 71.3 Å². The molecule has 2 rings (SSSR count). The molecule has 0 saturated heterocycles. The zero-order valence-electron chi connectivity index (χ0n) is 16.0. The van der Waals surface area contributed by atoms with E-state index in [9.17, 15) is 9.59 Å². The number of aryl methyl sites for hydroxylation is 1. The van der Waals surface area contributed by atoms with Crippen LogP contribution in [0.2, 0.25) is 0 Å². The minimum absolute atomic E-state index is 0.00319. The van der Waals surface area contributed by atoms with Crippen LogP contribution in [0.5, 0.6) is 0 Å². The summed E-state index contributed by atoms with van der Waals surface area (Å²) in [4.78, 5) is 23.7. The minimum atomic E-state index is 0.00319. The van der Waals surface area contributed by atoms with Crippen LogP contribution in [-0.4, -0.2) is 24.9 Å². The molecule has 26 heavy (non-hydrogen) atoms. The van der Waals surface area contributed by atoms with E-state index >= 15 is 0 Å². The van der Waals surface area contributed by atoms with Crippen LogP contribution in [0.1, 0.15) is 45.8 Å². The van der Waals surface area contributed by atoms with Crippen LogP contribution < -0.4 is 10.6 Å². The number of amides is 2. The molecule has 1 heterocycles. The monoisotopic (exact) mass is 358 g/mol. The van der Waals surface area contributed by atoms with Crippen LogP contribution in [0.3, 0.4) is 0 Å². The number of hydrogen-bond donors (Lipinski definition) is 2. The lowest BCUT2D eigenvalue weighted by Gasteiger charge is -2.14. The lowest BCUT2D eigenvalue weighted by Crippen LogP contribution is -2.35. The van der Waals surface area contributed by atoms with Gasteiger partial charge in [-0.2, -0.15) is 0 Å². The number of hydrogen-bond acceptors (Lipinski definition) is 3. The molecule has 2 amide bonds. The molecule has 5 heteroatoms. The van der Waals surface area contributed by atoms with Crippen molar-refractivity contribution in [2.75, 3.05) is 13.1 Å². The summed E-state index contributed by atoms with van der Waals surface area (Å²) in [5, 5.41) is 6.92. The smallest absolute Gasteiger partial charge is 0.220 e. The number of furan rings is 1. The first-order valence-electron chi connectivity index (χ1n) is 9.45. The third kappa shape index (κ3) is 6.90. The van der Waals surface area contributed by atoms with Crippen LogP contribution in [-0.2, 0) is 16.0 Å². The zero-order valence-corrected chi connectivity index (χ0v) is 16.0. The van der Waals surface area contributed by atoms with Crippen molar-refractivity contribution in [2.45, 2.75) is 46.5 Å². The normalized spacial score (nSPS) is 12.3. The summed E-state index contributed by atoms with van der Waals surface area (Å²) in [7, 11) is 0. The van der Waals surface area contributed by atoms with Crippen LogP contribution in [0, 0.1) is 11.8 Å². The molecule has 0 spiro atoms. The molecule has 0 saturated carbocycles. The van der Waals surface area contributed by atoms with Crippen molar-refractivity contribution in [1.82, 2.24) is 10.6 Å². The number of carbonyl (C=O) groups excluding carboxylic acids is 2. The molecule has 1 aromatic carbocycles. The van der Waals surface area contributed by atoms with Gasteiger partial charge in [0, 0.05) is 37.7 Å². The predicted octanol–water partition coefficient (Wildman–Crippen LogP) is 3.67. The summed E-state index contributed by atoms with van der Waals surface area (Å²) >= 11 is 0. The van der Waals surface area contributed by atoms with Gasteiger partial charge in [0.05, 0.1) is 0 Å². The van der Waals surface area contributed by atoms with Gasteiger partial charge in [0.1, 0.15) is 11.3 Å². The Balaban J connectivity index is 1.62. The molecule has 1 unspecified atom stereocenters. The van der Waals surface area contributed by atoms with Gasteiger partial charge in [0.15, 0.2) is 0 Å². The Hall–Kier alpha value is -2.30. The fourth-order valence-electron chi connectivity index (χ4n) is 2.64. The minimum Gasteiger partial charge on any atom is -0.461 e. The third-order valence-electron chi connectivity index (χ3n) is 4.32. The van der Waals surface area contributed by atoms with E-state index in [1.54, 1.807) is 0 Å². The molecule has 5 nitrogen and oxygen atoms in total. The van der Waals surface area contributed by atoms with E-state index in [1.807, 2.05) is 37.3 Å². The maximum atomic E-state index is 12.0. The molecule has 1 atom stereocenters. The largest absolute Gasteiger partial charge is 0.461 e. The second kappa shape index (κ2) is 10.00. The molecule has 0 aliphatic heterocycles. The van der Waals surface area contributed by atoms with Gasteiger partial charge >= 0.3 is 0 Å². The van der Waals surface area contributed by atoms with Crippen molar-refractivity contribution in [3.63, 3.8) is 0 Å². The lowest BCUT2D eigenvalue weighted by atomic mass is 10.1. The van der Waals surface area contributed by atoms with E-state index < -0.39 is 0 Å². The summed E-state index contributed by atoms with van der Waals surface area (Å²) in [5.41, 5.74) is 0.852. The molecule has 0 fully saturated rings. The number of carbonyl (C=O) groups is 2. The number of rotatable bonds is 10. The summed E-state index contributed by atoms with van der Waals surface area (Å²) in [5.74, 6) is 1.65. The van der Waals surface area contributed by atoms with Gasteiger partial charge in [-0.05, 0) is 30.4 Å². The summed E-state index contributed by atoms with van der Waals surface area (Å²) in [6.45, 7) is 7.38. The Labute approximate surface area is 155 Å². The number of fused-ring (bicyclic) bond motifs is 1. The van der Waals surface area contributed by atoms with Crippen molar-refractivity contribution in [1.29, 1.82) is 0 Å². The molecule has 142 valence electrons. The first kappa shape index (κ1) is 20.0. The van der Waals surface area contributed by atoms with Crippen molar-refractivity contribution in [3.05, 3.63) is 36.1 Å². The fourth-order valence-corrected chi connectivity index (χ4v) is 2.64. The molecular formula is C21H30N2O3. The summed E-state index contributed by atoms with van der Waals surface area (Å²) in [6.07, 6.45) is 2.45. The van der Waals surface area contributed by atoms with Gasteiger partial charge in [0.25, 0.3) is 0 Å². The van der Waals surface area contributed by atoms with Crippen LogP contribution in [0.15, 0.2) is 34.7 Å². The standard InChI is InChI=1S/C21H30N2O3/c1-15(2)8-10-20(24)22-13-16(3)14-23-21(25)11-9-18-12-17-6-4-5-7-19(17)26-18/h4-7,12,15-16H,8-11,13-14H2,1-3H3,(H,22,24)(H,23,25). The van der Waals surface area contributed by atoms with E-state index in [-0.39, 0.29) is 17.7 Å². The molecule has 0 aliphatic rings. The molecule has 1 aromatic heterocycles. The first-order chi connectivity index (χ1) is 12.4. The Morgan fingerprint density at radius 2 is 1.65 bits per heavy atom. The maximum Gasteiger partial charge on any atom is 0.220 e. The highest BCUT2D eigenvalue weighted by atomic mass is 16.3. The van der Waals surface area contributed by atoms with E-state index in [0.29, 0.717) is 38.3 Å². The molecule has 0 radical (unpaired) electrons. The van der Waals surface area contributed by atoms with Crippen molar-refractivity contribution < 1.29 is 14.0 Å². The molecular weight excluding hydrogens is 328 g/mol. The molecule has 2 aromatic rings. The predicted molar refractivity (Wildman–Crippen MR) is 104 cm³/mol. The highest BCUT2D eigenvalue weighted by Gasteiger charge is 2.10. The Morgan fingerprint density at radius 1 is 1.00 bits per heavy atom. The average Bonchev–Trinajstić information content (AvgIpc) is 3.04. The Kier molecular flexibility index (Phi) is 7.70. The first-order valence-corrected chi connectivity index (χ1v) is 9.45. The van der Waals surface area contributed by atoms with Gasteiger partial charge in [0.2, 0.25) is 11.8 Å². The molecule has 2 N–H and O–H groups in total. The highest BCUT2D eigenvalue weighted by molar-refractivity contribution is 5.79. The van der Waals surface area contributed by atoms with Crippen LogP contribution in [0.4, 0.5) is 0 Å². The van der Waals surface area contributed by atoms with Gasteiger partial charge in [-0.15, -0.1) is 0 Å². The van der Waals surface area contributed by atoms with Gasteiger partial charge < -0.3 is 15.1 Å². The highest BCUT2D eigenvalue weighted by Crippen LogP contribution is 2.19. The lowest BCUT2D eigenvalue weighted by molar-refractivity contribution is -0.121. The average molecular weight is 358 g/mol. The second-order valence-electron chi connectivity index (χ2n) is 7.40. The molecule has 0 aliphatic carbocycles. The van der Waals surface area contributed by atoms with Gasteiger partial charge in [-0.1, -0.05) is 39.0 Å². The number of para-hydroxylation sites is 1. The maximum absolute atomic E-state index is 12.0. The summed E-state index contributed by atoms with van der Waals surface area (Å²) in [6, 6.07) is 9.82. The van der Waals surface area contributed by atoms with E-state index in [1.165, 1.54) is 0 Å². The third-order valence-corrected chi connectivity index (χ3v) is 4.32. The SMILES string of the molecule is CC(C)CCC(=O)NCC(C)CNC(=O)CCc1cc2ccccc2o1. The zero-order chi connectivity index (χ0) is 18.9. The van der Waals surface area contributed by atoms with Crippen molar-refractivity contribution in [3.8, 4) is 0 Å². The second-order valence-corrected chi connectivity index (χ2v) is 7.40. The van der Waals surface area contributed by atoms with Crippen molar-refractivity contribution >= 4 is 22.8 Å². The van der Waals surface area contributed by atoms with Crippen LogP contribution in [0.25, 0.3) is 11.0 Å². The van der Waals surface area contributed by atoms with Gasteiger partial charge in [-0.3, -0.25) is 9.59 Å². The van der Waals surface area contributed by atoms with Crippen molar-refractivity contribution in [2.24, 2.45) is 11.8 Å². The summed E-state index contributed by atoms with van der Waals surface area (Å²) < 4.78 is 5.72. The Bertz CT molecular complexity index is 688. The fraction of sp³-hybridized carbons (Fsp3) is 0.524. The van der Waals surface area contributed by atoms with E-state index in [0.717, 1.165) is 23.2 Å². The molecule has 0 bridgehead atoms. The number of benzene rings is 1.